The predicted octanol–water partition coefficient (Wildman–Crippen LogP) is -0.679. The minimum Gasteiger partial charge on any atom is -0.481 e. The third-order valence-corrected chi connectivity index (χ3v) is 5.09. The van der Waals surface area contributed by atoms with E-state index in [0.717, 1.165) is 21.3 Å². The first kappa shape index (κ1) is 23.2. The van der Waals surface area contributed by atoms with Gasteiger partial charge in [-0.1, -0.05) is 15.9 Å². The van der Waals surface area contributed by atoms with Crippen molar-refractivity contribution in [3.8, 4) is 0 Å². The highest BCUT2D eigenvalue weighted by atomic mass is 79.9. The van der Waals surface area contributed by atoms with Crippen LogP contribution in [0.3, 0.4) is 0 Å². The molecule has 1 aliphatic rings. The molecule has 1 atom stereocenters. The van der Waals surface area contributed by atoms with E-state index in [1.165, 1.54) is 4.90 Å². The van der Waals surface area contributed by atoms with Gasteiger partial charge in [-0.25, -0.2) is 0 Å². The van der Waals surface area contributed by atoms with Gasteiger partial charge in [-0.15, -0.1) is 0 Å². The van der Waals surface area contributed by atoms with Crippen LogP contribution in [0.1, 0.15) is 17.5 Å². The zero-order valence-electron chi connectivity index (χ0n) is 14.9. The van der Waals surface area contributed by atoms with Gasteiger partial charge in [0.05, 0.1) is 0 Å². The summed E-state index contributed by atoms with van der Waals surface area (Å²) in [7, 11) is 27.4. The number of amides is 1. The summed E-state index contributed by atoms with van der Waals surface area (Å²) < 4.78 is 0.982. The Morgan fingerprint density at radius 1 is 1.23 bits per heavy atom. The molecule has 1 aliphatic heterocycles. The lowest BCUT2D eigenvalue weighted by molar-refractivity contribution is -0.146. The normalized spacial score (nSPS) is 15.9. The highest BCUT2D eigenvalue weighted by molar-refractivity contribution is 9.10. The van der Waals surface area contributed by atoms with Crippen molar-refractivity contribution in [2.45, 2.75) is 19.8 Å². The topological polar surface area (TPSA) is 57.6 Å². The van der Waals surface area contributed by atoms with Gasteiger partial charge in [-0.2, -0.15) is 0 Å². The largest absolute Gasteiger partial charge is 0.481 e. The number of benzene rings is 1. The van der Waals surface area contributed by atoms with Crippen LogP contribution >= 0.6 is 15.9 Å². The minimum absolute atomic E-state index is 0.344. The second kappa shape index (κ2) is 9.91. The van der Waals surface area contributed by atoms with Crippen molar-refractivity contribution in [2.75, 3.05) is 11.9 Å². The van der Waals surface area contributed by atoms with Gasteiger partial charge in [0.1, 0.15) is 5.92 Å². The molecule has 2 rings (SSSR count). The molecule has 1 amide bonds. The quantitative estimate of drug-likeness (QED) is 0.542. The molecule has 1 heterocycles. The van der Waals surface area contributed by atoms with E-state index in [0.29, 0.717) is 12.8 Å². The summed E-state index contributed by atoms with van der Waals surface area (Å²) in [4.78, 5) is 24.6. The van der Waals surface area contributed by atoms with E-state index in [4.69, 9.17) is 43.8 Å². The Bertz CT molecular complexity index is 667. The minimum atomic E-state index is -1.05. The number of anilines is 1. The number of rotatable bonds is 3. The molecule has 1 aromatic rings. The van der Waals surface area contributed by atoms with Crippen LogP contribution in [0.15, 0.2) is 16.6 Å². The summed E-state index contributed by atoms with van der Waals surface area (Å²) in [6, 6.07) is 3.89. The van der Waals surface area contributed by atoms with Gasteiger partial charge >= 0.3 is 5.97 Å². The maximum atomic E-state index is 12.1. The number of hydrogen-bond acceptors (Lipinski definition) is 2. The fourth-order valence-corrected chi connectivity index (χ4v) is 2.87. The molecule has 1 N–H and O–H groups in total. The standard InChI is InChI=1S/C13H14BrNO3.B8/c1-7-5-11-8(6-10(7)14)3-4-9(13(17)18)12(16)15(11)2;1-6(2)8(5)7(3)4/h5-6,9H,3-4H2,1-2H3,(H,17,18);. The Hall–Kier alpha value is -0.841. The number of aliphatic carboxylic acids is 1. The van der Waals surface area contributed by atoms with Crippen molar-refractivity contribution >= 4 is 91.3 Å². The molecular weight excluding hydrogens is 385 g/mol. The van der Waals surface area contributed by atoms with E-state index in [9.17, 15) is 9.59 Å². The van der Waals surface area contributed by atoms with Crippen LogP contribution in [0, 0.1) is 12.8 Å². The van der Waals surface area contributed by atoms with Crippen LogP contribution < -0.4 is 4.90 Å². The Balaban J connectivity index is 0.000000359. The average Bonchev–Trinajstić information content (AvgIpc) is 2.66. The van der Waals surface area contributed by atoms with Gasteiger partial charge in [0, 0.05) is 75.0 Å². The van der Waals surface area contributed by atoms with Crippen LogP contribution in [0.5, 0.6) is 0 Å². The van der Waals surface area contributed by atoms with E-state index < -0.39 is 31.0 Å². The Kier molecular flexibility index (Phi) is 8.84. The highest BCUT2D eigenvalue weighted by Crippen LogP contribution is 2.32. The summed E-state index contributed by atoms with van der Waals surface area (Å²) in [6.45, 7) is 1.95. The number of aryl methyl sites for hydroxylation is 2. The SMILES string of the molecule is Cc1cc2c(cc1Br)CCC(C(=O)O)C(=O)N2C.[B]B([B])B([B])B([B])[B]. The number of carboxylic acid groups (broad SMARTS) is 1. The molecule has 13 heteroatoms. The van der Waals surface area contributed by atoms with Crippen LogP contribution in [0.2, 0.25) is 0 Å². The smallest absolute Gasteiger partial charge is 0.316 e. The lowest BCUT2D eigenvalue weighted by atomic mass is 8.68. The van der Waals surface area contributed by atoms with Gasteiger partial charge in [-0.3, -0.25) is 9.59 Å². The molecule has 10 radical (unpaired) electrons. The van der Waals surface area contributed by atoms with Crippen molar-refractivity contribution in [1.82, 2.24) is 0 Å². The average molecular weight is 399 g/mol. The number of carboxylic acids is 1. The summed E-state index contributed by atoms with van der Waals surface area (Å²) in [5, 5.41) is 9.08. The lowest BCUT2D eigenvalue weighted by Gasteiger charge is -2.20. The van der Waals surface area contributed by atoms with Crippen LogP contribution in [0.25, 0.3) is 0 Å². The molecule has 4 nitrogen and oxygen atoms in total. The molecule has 1 unspecified atom stereocenters. The number of halogens is 1. The van der Waals surface area contributed by atoms with E-state index in [1.54, 1.807) is 7.05 Å². The third kappa shape index (κ3) is 5.83. The number of hydrogen-bond donors (Lipinski definition) is 1. The molecule has 0 aromatic heterocycles. The van der Waals surface area contributed by atoms with Crippen molar-refractivity contribution in [1.29, 1.82) is 0 Å². The predicted molar refractivity (Wildman–Crippen MR) is 118 cm³/mol. The van der Waals surface area contributed by atoms with Gasteiger partial charge in [0.15, 0.2) is 0 Å². The van der Waals surface area contributed by atoms with Gasteiger partial charge in [0.2, 0.25) is 5.91 Å². The number of nitrogens with zero attached hydrogens (tertiary/aromatic N) is 1. The molecule has 0 saturated heterocycles. The monoisotopic (exact) mass is 399 g/mol. The second-order valence-electron chi connectivity index (χ2n) is 6.29. The maximum Gasteiger partial charge on any atom is 0.316 e. The fraction of sp³-hybridized carbons (Fsp3) is 0.385. The van der Waals surface area contributed by atoms with Crippen molar-refractivity contribution in [2.24, 2.45) is 5.92 Å². The number of carbonyl (C=O) groups is 2. The van der Waals surface area contributed by atoms with E-state index in [1.807, 2.05) is 19.1 Å². The molecule has 1 aromatic carbocycles. The number of carbonyl (C=O) groups excluding carboxylic acids is 1. The summed E-state index contributed by atoms with van der Waals surface area (Å²) in [5.74, 6) is -2.33. The first-order valence-corrected chi connectivity index (χ1v) is 8.84. The highest BCUT2D eigenvalue weighted by Gasteiger charge is 2.33. The summed E-state index contributed by atoms with van der Waals surface area (Å²) in [5.41, 5.74) is 2.85. The van der Waals surface area contributed by atoms with Crippen molar-refractivity contribution < 1.29 is 14.7 Å². The summed E-state index contributed by atoms with van der Waals surface area (Å²) in [6.07, 6.45) is -0.831. The zero-order chi connectivity index (χ0) is 20.2. The molecule has 0 aliphatic carbocycles. The second-order valence-corrected chi connectivity index (χ2v) is 7.14. The van der Waals surface area contributed by atoms with Crippen molar-refractivity contribution in [3.63, 3.8) is 0 Å². The molecular formula is C13H14B8BrNO3. The van der Waals surface area contributed by atoms with E-state index in [2.05, 4.69) is 15.9 Å². The molecule has 26 heavy (non-hydrogen) atoms. The summed E-state index contributed by atoms with van der Waals surface area (Å²) >= 11 is 3.46. The van der Waals surface area contributed by atoms with E-state index in [-0.39, 0.29) is 5.91 Å². The lowest BCUT2D eigenvalue weighted by Crippen LogP contribution is -2.52. The molecule has 120 valence electrons. The molecule has 0 saturated carbocycles. The molecule has 0 fully saturated rings. The third-order valence-electron chi connectivity index (χ3n) is 4.24. The van der Waals surface area contributed by atoms with Crippen LogP contribution in [-0.2, 0) is 16.0 Å². The van der Waals surface area contributed by atoms with Gasteiger partial charge in [0.25, 0.3) is 0 Å². The number of fused-ring (bicyclic) bond motifs is 1. The Morgan fingerprint density at radius 3 is 2.19 bits per heavy atom. The van der Waals surface area contributed by atoms with Crippen LogP contribution in [0.4, 0.5) is 5.69 Å². The molecule has 0 spiro atoms. The zero-order valence-corrected chi connectivity index (χ0v) is 16.4. The van der Waals surface area contributed by atoms with E-state index >= 15 is 0 Å². The van der Waals surface area contributed by atoms with Gasteiger partial charge < -0.3 is 10.0 Å². The molecule has 0 bridgehead atoms. The van der Waals surface area contributed by atoms with Crippen LogP contribution in [-0.4, -0.2) is 81.9 Å². The first-order valence-electron chi connectivity index (χ1n) is 8.04. The van der Waals surface area contributed by atoms with Crippen molar-refractivity contribution in [3.05, 3.63) is 27.7 Å². The fourth-order valence-electron chi connectivity index (χ4n) is 2.48. The Morgan fingerprint density at radius 2 is 1.77 bits per heavy atom. The maximum absolute atomic E-state index is 12.1. The first-order chi connectivity index (χ1) is 12.0. The Labute approximate surface area is 171 Å². The van der Waals surface area contributed by atoms with Gasteiger partial charge in [-0.05, 0) is 43.0 Å².